The van der Waals surface area contributed by atoms with Crippen LogP contribution >= 0.6 is 47.1 Å². The summed E-state index contributed by atoms with van der Waals surface area (Å²) in [5, 5.41) is 1.64. The van der Waals surface area contributed by atoms with Crippen LogP contribution < -0.4 is 11.1 Å². The van der Waals surface area contributed by atoms with Crippen molar-refractivity contribution in [2.75, 3.05) is 0 Å². The van der Waals surface area contributed by atoms with Crippen molar-refractivity contribution in [3.63, 3.8) is 0 Å². The maximum absolute atomic E-state index is 13.4. The van der Waals surface area contributed by atoms with Gasteiger partial charge in [0.25, 0.3) is 11.1 Å². The van der Waals surface area contributed by atoms with Gasteiger partial charge in [-0.3, -0.25) is 19.1 Å². The molecule has 2 aliphatic rings. The minimum atomic E-state index is -0.0722. The molecule has 0 spiro atoms. The third kappa shape index (κ3) is 3.53. The van der Waals surface area contributed by atoms with E-state index in [1.807, 2.05) is 4.57 Å². The number of nitrogens with one attached hydrogen (secondary N) is 2. The molecule has 0 radical (unpaired) electrons. The number of aromatic amines is 2. The molecule has 33 heavy (non-hydrogen) atoms. The van der Waals surface area contributed by atoms with Crippen molar-refractivity contribution in [1.29, 1.82) is 0 Å². The van der Waals surface area contributed by atoms with E-state index >= 15 is 0 Å². The molecule has 2 aliphatic carbocycles. The quantitative estimate of drug-likeness (QED) is 0.356. The van der Waals surface area contributed by atoms with Crippen LogP contribution in [0.1, 0.15) is 53.0 Å². The predicted molar refractivity (Wildman–Crippen MR) is 140 cm³/mol. The number of thiophene rings is 2. The SMILES string of the molecule is O=c1[nH]c(=S)n(CCCn2c(=S)[nH]c3sc4c(c3c2=O)CCCC4)c2sc3c(c12)CCCC3. The van der Waals surface area contributed by atoms with Gasteiger partial charge in [-0.15, -0.1) is 22.7 Å². The summed E-state index contributed by atoms with van der Waals surface area (Å²) in [5.41, 5.74) is 2.38. The van der Waals surface area contributed by atoms with Gasteiger partial charge in [0.1, 0.15) is 9.66 Å². The van der Waals surface area contributed by atoms with Crippen molar-refractivity contribution in [3.8, 4) is 0 Å². The topological polar surface area (TPSA) is 75.6 Å². The fourth-order valence-electron chi connectivity index (χ4n) is 5.36. The van der Waals surface area contributed by atoms with Crippen LogP contribution in [0.3, 0.4) is 0 Å². The molecule has 0 fully saturated rings. The standard InChI is InChI=1S/C23H24N4O2S4/c28-18-16-12-6-1-4-9-15(12)33-21(16)27(22(30)24-18)11-5-10-26-20(29)17-13-7-2-3-8-14(13)32-19(17)25-23(26)31/h1-11H2,(H,25,31)(H,24,28,30). The second-order valence-electron chi connectivity index (χ2n) is 8.96. The second kappa shape index (κ2) is 8.41. The molecule has 0 bridgehead atoms. The average Bonchev–Trinajstić information content (AvgIpc) is 3.36. The number of hydrogen-bond donors (Lipinski definition) is 2. The van der Waals surface area contributed by atoms with Gasteiger partial charge in [0.15, 0.2) is 9.54 Å². The van der Waals surface area contributed by atoms with Crippen molar-refractivity contribution >= 4 is 67.5 Å². The fraction of sp³-hybridized carbons (Fsp3) is 0.478. The maximum Gasteiger partial charge on any atom is 0.263 e. The average molecular weight is 517 g/mol. The Labute approximate surface area is 207 Å². The normalized spacial score (nSPS) is 15.8. The van der Waals surface area contributed by atoms with Crippen LogP contribution in [0.5, 0.6) is 0 Å². The van der Waals surface area contributed by atoms with Crippen LogP contribution in [0.15, 0.2) is 9.59 Å². The number of H-pyrrole nitrogens is 2. The van der Waals surface area contributed by atoms with Gasteiger partial charge in [-0.2, -0.15) is 0 Å². The number of hydrogen-bond acceptors (Lipinski definition) is 6. The highest BCUT2D eigenvalue weighted by molar-refractivity contribution is 7.71. The molecule has 0 unspecified atom stereocenters. The summed E-state index contributed by atoms with van der Waals surface area (Å²) in [6.45, 7) is 1.15. The van der Waals surface area contributed by atoms with Crippen molar-refractivity contribution in [1.82, 2.24) is 19.1 Å². The smallest absolute Gasteiger partial charge is 0.263 e. The van der Waals surface area contributed by atoms with E-state index in [0.29, 0.717) is 29.1 Å². The summed E-state index contributed by atoms with van der Waals surface area (Å²) in [6.07, 6.45) is 9.36. The lowest BCUT2D eigenvalue weighted by Crippen LogP contribution is -2.23. The summed E-state index contributed by atoms with van der Waals surface area (Å²) in [7, 11) is 0. The van der Waals surface area contributed by atoms with Crippen LogP contribution in [-0.2, 0) is 38.8 Å². The van der Waals surface area contributed by atoms with Gasteiger partial charge < -0.3 is 9.55 Å². The Kier molecular flexibility index (Phi) is 5.51. The first-order chi connectivity index (χ1) is 16.0. The monoisotopic (exact) mass is 516 g/mol. The van der Waals surface area contributed by atoms with E-state index in [9.17, 15) is 9.59 Å². The first-order valence-electron chi connectivity index (χ1n) is 11.6. The predicted octanol–water partition coefficient (Wildman–Crippen LogP) is 5.40. The minimum absolute atomic E-state index is 0.0231. The molecule has 2 N–H and O–H groups in total. The summed E-state index contributed by atoms with van der Waals surface area (Å²) >= 11 is 14.5. The fourth-order valence-corrected chi connectivity index (χ4v) is 8.73. The van der Waals surface area contributed by atoms with Gasteiger partial charge in [-0.25, -0.2) is 0 Å². The molecule has 4 aromatic rings. The number of aryl methyl sites for hydroxylation is 5. The molecule has 0 saturated carbocycles. The molecule has 0 aliphatic heterocycles. The van der Waals surface area contributed by atoms with Crippen LogP contribution in [-0.4, -0.2) is 19.1 Å². The Bertz CT molecular complexity index is 1650. The Morgan fingerprint density at radius 3 is 2.12 bits per heavy atom. The van der Waals surface area contributed by atoms with Gasteiger partial charge in [0.2, 0.25) is 0 Å². The van der Waals surface area contributed by atoms with Crippen molar-refractivity contribution in [2.45, 2.75) is 70.9 Å². The molecule has 0 saturated heterocycles. The lowest BCUT2D eigenvalue weighted by atomic mass is 9.97. The molecular formula is C23H24N4O2S4. The summed E-state index contributed by atoms with van der Waals surface area (Å²) in [6, 6.07) is 0. The summed E-state index contributed by atoms with van der Waals surface area (Å²) in [4.78, 5) is 36.8. The highest BCUT2D eigenvalue weighted by Gasteiger charge is 2.22. The number of nitrogens with zero attached hydrogens (tertiary/aromatic N) is 2. The Balaban J connectivity index is 1.35. The third-order valence-electron chi connectivity index (χ3n) is 6.95. The number of fused-ring (bicyclic) bond motifs is 6. The third-order valence-corrected chi connectivity index (χ3v) is 10.1. The van der Waals surface area contributed by atoms with E-state index in [0.717, 1.165) is 59.0 Å². The van der Waals surface area contributed by atoms with E-state index in [4.69, 9.17) is 24.4 Å². The van der Waals surface area contributed by atoms with Crippen molar-refractivity contribution < 1.29 is 0 Å². The van der Waals surface area contributed by atoms with Gasteiger partial charge in [-0.1, -0.05) is 0 Å². The summed E-state index contributed by atoms with van der Waals surface area (Å²) in [5.74, 6) is 0. The maximum atomic E-state index is 13.4. The van der Waals surface area contributed by atoms with E-state index in [1.54, 1.807) is 27.2 Å². The molecule has 6 nitrogen and oxygen atoms in total. The van der Waals surface area contributed by atoms with Gasteiger partial charge >= 0.3 is 0 Å². The van der Waals surface area contributed by atoms with E-state index in [2.05, 4.69) is 9.97 Å². The Morgan fingerprint density at radius 1 is 0.758 bits per heavy atom. The van der Waals surface area contributed by atoms with E-state index in [-0.39, 0.29) is 11.1 Å². The first kappa shape index (κ1) is 21.6. The molecular weight excluding hydrogens is 493 g/mol. The molecule has 0 aromatic carbocycles. The lowest BCUT2D eigenvalue weighted by molar-refractivity contribution is 0.547. The highest BCUT2D eigenvalue weighted by atomic mass is 32.1. The lowest BCUT2D eigenvalue weighted by Gasteiger charge is -2.12. The zero-order valence-corrected chi connectivity index (χ0v) is 21.4. The molecule has 0 atom stereocenters. The first-order valence-corrected chi connectivity index (χ1v) is 14.0. The zero-order chi connectivity index (χ0) is 22.7. The van der Waals surface area contributed by atoms with Gasteiger partial charge in [0.05, 0.1) is 10.8 Å². The van der Waals surface area contributed by atoms with E-state index in [1.165, 1.54) is 33.7 Å². The second-order valence-corrected chi connectivity index (χ2v) is 11.9. The minimum Gasteiger partial charge on any atom is -0.323 e. The summed E-state index contributed by atoms with van der Waals surface area (Å²) < 4.78 is 4.67. The Morgan fingerprint density at radius 2 is 1.36 bits per heavy atom. The molecule has 0 amide bonds. The Hall–Kier alpha value is -1.88. The van der Waals surface area contributed by atoms with Gasteiger partial charge in [-0.05, 0) is 93.4 Å². The molecule has 4 heterocycles. The van der Waals surface area contributed by atoms with Crippen molar-refractivity contribution in [2.24, 2.45) is 0 Å². The molecule has 10 heteroatoms. The van der Waals surface area contributed by atoms with Crippen LogP contribution in [0.25, 0.3) is 20.4 Å². The number of aromatic nitrogens is 4. The van der Waals surface area contributed by atoms with Crippen molar-refractivity contribution in [3.05, 3.63) is 51.1 Å². The number of rotatable bonds is 4. The highest BCUT2D eigenvalue weighted by Crippen LogP contribution is 2.35. The molecule has 172 valence electrons. The zero-order valence-electron chi connectivity index (χ0n) is 18.1. The van der Waals surface area contributed by atoms with Crippen LogP contribution in [0, 0.1) is 9.54 Å². The van der Waals surface area contributed by atoms with E-state index < -0.39 is 0 Å². The van der Waals surface area contributed by atoms with Crippen LogP contribution in [0.2, 0.25) is 0 Å². The van der Waals surface area contributed by atoms with Gasteiger partial charge in [0, 0.05) is 22.8 Å². The molecule has 6 rings (SSSR count). The molecule has 4 aromatic heterocycles. The van der Waals surface area contributed by atoms with Crippen LogP contribution in [0.4, 0.5) is 0 Å². The largest absolute Gasteiger partial charge is 0.323 e.